The summed E-state index contributed by atoms with van der Waals surface area (Å²) in [6.07, 6.45) is 5.37. The van der Waals surface area contributed by atoms with Crippen LogP contribution in [0.3, 0.4) is 0 Å². The third-order valence-corrected chi connectivity index (χ3v) is 5.00. The van der Waals surface area contributed by atoms with Crippen LogP contribution in [0.2, 0.25) is 0 Å². The SMILES string of the molecule is COc1cc(NC(=O)C(C)(C)C(=O)NC2CCCCC2)cc(OC)c1OC. The summed E-state index contributed by atoms with van der Waals surface area (Å²) in [5.41, 5.74) is -0.745. The van der Waals surface area contributed by atoms with Gasteiger partial charge in [-0.3, -0.25) is 9.59 Å². The third-order valence-electron chi connectivity index (χ3n) is 5.00. The normalized spacial score (nSPS) is 15.0. The number of nitrogens with one attached hydrogen (secondary N) is 2. The molecule has 0 atom stereocenters. The molecule has 1 aliphatic carbocycles. The summed E-state index contributed by atoms with van der Waals surface area (Å²) in [5, 5.41) is 5.81. The number of anilines is 1. The summed E-state index contributed by atoms with van der Waals surface area (Å²) in [5.74, 6) is 0.630. The van der Waals surface area contributed by atoms with Gasteiger partial charge >= 0.3 is 0 Å². The topological polar surface area (TPSA) is 85.9 Å². The van der Waals surface area contributed by atoms with Crippen molar-refractivity contribution in [3.05, 3.63) is 12.1 Å². The molecule has 0 heterocycles. The van der Waals surface area contributed by atoms with Gasteiger partial charge in [0.1, 0.15) is 5.41 Å². The largest absolute Gasteiger partial charge is 0.493 e. The van der Waals surface area contributed by atoms with Crippen molar-refractivity contribution in [2.24, 2.45) is 5.41 Å². The minimum Gasteiger partial charge on any atom is -0.493 e. The van der Waals surface area contributed by atoms with Gasteiger partial charge in [-0.25, -0.2) is 0 Å². The minimum absolute atomic E-state index is 0.152. The van der Waals surface area contributed by atoms with E-state index in [1.165, 1.54) is 27.8 Å². The van der Waals surface area contributed by atoms with Gasteiger partial charge in [0, 0.05) is 23.9 Å². The Bertz CT molecular complexity index is 656. The van der Waals surface area contributed by atoms with Crippen LogP contribution in [-0.2, 0) is 9.59 Å². The first-order chi connectivity index (χ1) is 12.8. The molecule has 0 radical (unpaired) electrons. The van der Waals surface area contributed by atoms with E-state index < -0.39 is 11.3 Å². The Morgan fingerprint density at radius 2 is 1.48 bits per heavy atom. The number of methoxy groups -OCH3 is 3. The van der Waals surface area contributed by atoms with Crippen LogP contribution >= 0.6 is 0 Å². The molecule has 0 unspecified atom stereocenters. The maximum Gasteiger partial charge on any atom is 0.239 e. The number of ether oxygens (including phenoxy) is 3. The molecule has 1 fully saturated rings. The van der Waals surface area contributed by atoms with Crippen LogP contribution in [0.25, 0.3) is 0 Å². The molecular weight excluding hydrogens is 348 g/mol. The summed E-state index contributed by atoms with van der Waals surface area (Å²) in [6.45, 7) is 3.25. The second-order valence-electron chi connectivity index (χ2n) is 7.30. The van der Waals surface area contributed by atoms with Crippen molar-refractivity contribution in [1.82, 2.24) is 5.32 Å². The Hall–Kier alpha value is -2.44. The molecule has 1 aliphatic rings. The van der Waals surface area contributed by atoms with Crippen molar-refractivity contribution < 1.29 is 23.8 Å². The van der Waals surface area contributed by atoms with Crippen molar-refractivity contribution >= 4 is 17.5 Å². The summed E-state index contributed by atoms with van der Waals surface area (Å²) >= 11 is 0. The Labute approximate surface area is 160 Å². The second-order valence-corrected chi connectivity index (χ2v) is 7.30. The van der Waals surface area contributed by atoms with E-state index in [1.807, 2.05) is 0 Å². The van der Waals surface area contributed by atoms with E-state index in [0.29, 0.717) is 22.9 Å². The number of carbonyl (C=O) groups is 2. The van der Waals surface area contributed by atoms with E-state index in [4.69, 9.17) is 14.2 Å². The van der Waals surface area contributed by atoms with Crippen molar-refractivity contribution in [2.75, 3.05) is 26.6 Å². The first kappa shape index (κ1) is 20.9. The lowest BCUT2D eigenvalue weighted by atomic mass is 9.88. The van der Waals surface area contributed by atoms with E-state index >= 15 is 0 Å². The average molecular weight is 378 g/mol. The Balaban J connectivity index is 2.13. The van der Waals surface area contributed by atoms with Crippen LogP contribution in [0.1, 0.15) is 46.0 Å². The Morgan fingerprint density at radius 1 is 0.926 bits per heavy atom. The number of hydrogen-bond donors (Lipinski definition) is 2. The summed E-state index contributed by atoms with van der Waals surface area (Å²) in [7, 11) is 4.52. The molecule has 150 valence electrons. The van der Waals surface area contributed by atoms with Crippen LogP contribution < -0.4 is 24.8 Å². The summed E-state index contributed by atoms with van der Waals surface area (Å²) in [6, 6.07) is 3.42. The third kappa shape index (κ3) is 4.84. The van der Waals surface area contributed by atoms with Crippen LogP contribution in [0.5, 0.6) is 17.2 Å². The zero-order chi connectivity index (χ0) is 20.0. The predicted octanol–water partition coefficient (Wildman–Crippen LogP) is 3.13. The molecule has 7 heteroatoms. The highest BCUT2D eigenvalue weighted by Crippen LogP contribution is 2.40. The number of benzene rings is 1. The highest BCUT2D eigenvalue weighted by Gasteiger charge is 2.37. The lowest BCUT2D eigenvalue weighted by Gasteiger charge is -2.28. The first-order valence-electron chi connectivity index (χ1n) is 9.26. The van der Waals surface area contributed by atoms with Crippen molar-refractivity contribution in [3.8, 4) is 17.2 Å². The Kier molecular flexibility index (Phi) is 6.93. The molecule has 7 nitrogen and oxygen atoms in total. The highest BCUT2D eigenvalue weighted by molar-refractivity contribution is 6.10. The van der Waals surface area contributed by atoms with Crippen molar-refractivity contribution in [3.63, 3.8) is 0 Å². The van der Waals surface area contributed by atoms with Gasteiger partial charge in [0.2, 0.25) is 17.6 Å². The lowest BCUT2D eigenvalue weighted by molar-refractivity contribution is -0.139. The predicted molar refractivity (Wildman–Crippen MR) is 104 cm³/mol. The molecule has 2 N–H and O–H groups in total. The van der Waals surface area contributed by atoms with Crippen LogP contribution in [0.15, 0.2) is 12.1 Å². The first-order valence-corrected chi connectivity index (χ1v) is 9.26. The lowest BCUT2D eigenvalue weighted by Crippen LogP contribution is -2.49. The fourth-order valence-corrected chi connectivity index (χ4v) is 3.16. The maximum atomic E-state index is 12.8. The number of carbonyl (C=O) groups excluding carboxylic acids is 2. The van der Waals surface area contributed by atoms with Crippen LogP contribution in [0, 0.1) is 5.41 Å². The molecule has 27 heavy (non-hydrogen) atoms. The molecule has 0 spiro atoms. The van der Waals surface area contributed by atoms with E-state index in [-0.39, 0.29) is 11.9 Å². The van der Waals surface area contributed by atoms with Gasteiger partial charge in [-0.05, 0) is 26.7 Å². The molecule has 2 amide bonds. The molecule has 0 bridgehead atoms. The number of hydrogen-bond acceptors (Lipinski definition) is 5. The van der Waals surface area contributed by atoms with E-state index in [2.05, 4.69) is 10.6 Å². The van der Waals surface area contributed by atoms with Crippen LogP contribution in [-0.4, -0.2) is 39.2 Å². The van der Waals surface area contributed by atoms with Gasteiger partial charge in [-0.15, -0.1) is 0 Å². The van der Waals surface area contributed by atoms with Crippen LogP contribution in [0.4, 0.5) is 5.69 Å². The molecule has 0 aromatic heterocycles. The van der Waals surface area contributed by atoms with Gasteiger partial charge in [-0.1, -0.05) is 19.3 Å². The van der Waals surface area contributed by atoms with E-state index in [9.17, 15) is 9.59 Å². The molecule has 0 saturated heterocycles. The molecule has 0 aliphatic heterocycles. The fourth-order valence-electron chi connectivity index (χ4n) is 3.16. The molecule has 1 aromatic carbocycles. The standard InChI is InChI=1S/C20H30N2O5/c1-20(2,18(23)21-13-9-7-6-8-10-13)19(24)22-14-11-15(25-3)17(27-5)16(12-14)26-4/h11-13H,6-10H2,1-5H3,(H,21,23)(H,22,24). The van der Waals surface area contributed by atoms with Gasteiger partial charge in [0.25, 0.3) is 0 Å². The number of amides is 2. The smallest absolute Gasteiger partial charge is 0.239 e. The van der Waals surface area contributed by atoms with Crippen molar-refractivity contribution in [2.45, 2.75) is 52.0 Å². The summed E-state index contributed by atoms with van der Waals surface area (Å²) < 4.78 is 15.9. The molecule has 2 rings (SSSR count). The quantitative estimate of drug-likeness (QED) is 0.712. The second kappa shape index (κ2) is 8.97. The summed E-state index contributed by atoms with van der Waals surface area (Å²) in [4.78, 5) is 25.5. The van der Waals surface area contributed by atoms with Gasteiger partial charge in [0.15, 0.2) is 11.5 Å². The molecule has 1 saturated carbocycles. The van der Waals surface area contributed by atoms with Gasteiger partial charge in [0.05, 0.1) is 21.3 Å². The maximum absolute atomic E-state index is 12.8. The average Bonchev–Trinajstić information content (AvgIpc) is 2.67. The minimum atomic E-state index is -1.21. The van der Waals surface area contributed by atoms with Crippen molar-refractivity contribution in [1.29, 1.82) is 0 Å². The van der Waals surface area contributed by atoms with Gasteiger partial charge in [-0.2, -0.15) is 0 Å². The zero-order valence-corrected chi connectivity index (χ0v) is 16.8. The fraction of sp³-hybridized carbons (Fsp3) is 0.600. The Morgan fingerprint density at radius 3 is 1.96 bits per heavy atom. The van der Waals surface area contributed by atoms with E-state index in [0.717, 1.165) is 25.7 Å². The number of rotatable bonds is 7. The zero-order valence-electron chi connectivity index (χ0n) is 16.8. The van der Waals surface area contributed by atoms with E-state index in [1.54, 1.807) is 26.0 Å². The van der Waals surface area contributed by atoms with Gasteiger partial charge < -0.3 is 24.8 Å². The highest BCUT2D eigenvalue weighted by atomic mass is 16.5. The molecular formula is C20H30N2O5. The monoisotopic (exact) mass is 378 g/mol. The molecule has 1 aromatic rings.